The van der Waals surface area contributed by atoms with E-state index in [2.05, 4.69) is 0 Å². The first kappa shape index (κ1) is 30.2. The van der Waals surface area contributed by atoms with Crippen LogP contribution in [0.3, 0.4) is 0 Å². The van der Waals surface area contributed by atoms with E-state index >= 15 is 0 Å². The maximum atomic E-state index is 13.5. The number of hydrogen-bond acceptors (Lipinski definition) is 5. The second-order valence-corrected chi connectivity index (χ2v) is 11.4. The van der Waals surface area contributed by atoms with E-state index in [0.717, 1.165) is 38.9 Å². The van der Waals surface area contributed by atoms with Crippen LogP contribution in [-0.2, 0) is 11.3 Å². The Balaban J connectivity index is 1.66. The van der Waals surface area contributed by atoms with Crippen LogP contribution in [-0.4, -0.2) is 54.9 Å². The van der Waals surface area contributed by atoms with Crippen molar-refractivity contribution in [2.24, 2.45) is 0 Å². The quantitative estimate of drug-likeness (QED) is 0.214. The number of carboxylic acids is 1. The molecule has 0 bridgehead atoms. The number of hydrogen-bond donors (Lipinski definition) is 1. The number of amides is 1. The zero-order valence-corrected chi connectivity index (χ0v) is 24.8. The van der Waals surface area contributed by atoms with Crippen molar-refractivity contribution in [3.05, 3.63) is 113 Å². The molecule has 4 rings (SSSR count). The number of anilines is 1. The molecule has 0 unspecified atom stereocenters. The molecule has 0 atom stereocenters. The Kier molecular flexibility index (Phi) is 9.53. The number of ether oxygens (including phenoxy) is 2. The van der Waals surface area contributed by atoms with Crippen LogP contribution in [0.25, 0.3) is 16.8 Å². The number of aromatic carboxylic acids is 1. The summed E-state index contributed by atoms with van der Waals surface area (Å²) in [7, 11) is 3.97. The fraction of sp³-hybridized carbons (Fsp3) is 0.257. The largest absolute Gasteiger partial charge is 0.489 e. The molecule has 0 aliphatic carbocycles. The summed E-state index contributed by atoms with van der Waals surface area (Å²) in [6, 6.07) is 28.6. The fourth-order valence-electron chi connectivity index (χ4n) is 4.46. The molecule has 4 aromatic rings. The standard InChI is InChI=1S/C35H38N2O5/c1-35(2,3)42-34(40)37(22-26-15-19-30(20-16-26)36(4)5)23-27(21-25-13-17-29(18-14-25)33(38)39)24-41-32-12-8-10-28-9-6-7-11-31(28)32/h6-21H,22-24H2,1-5H3,(H,38,39)/b27-21+. The number of benzene rings is 4. The second-order valence-electron chi connectivity index (χ2n) is 11.4. The second kappa shape index (κ2) is 13.3. The van der Waals surface area contributed by atoms with Crippen molar-refractivity contribution in [1.29, 1.82) is 0 Å². The molecular weight excluding hydrogens is 528 g/mol. The normalized spacial score (nSPS) is 11.7. The Morgan fingerprint density at radius 3 is 2.17 bits per heavy atom. The van der Waals surface area contributed by atoms with Gasteiger partial charge in [0.15, 0.2) is 0 Å². The highest BCUT2D eigenvalue weighted by molar-refractivity contribution is 5.88. The predicted molar refractivity (Wildman–Crippen MR) is 168 cm³/mol. The van der Waals surface area contributed by atoms with E-state index in [1.807, 2.05) is 113 Å². The van der Waals surface area contributed by atoms with Crippen LogP contribution in [0.4, 0.5) is 10.5 Å². The van der Waals surface area contributed by atoms with Gasteiger partial charge in [-0.05, 0) is 73.2 Å². The number of nitrogens with zero attached hydrogens (tertiary/aromatic N) is 2. The molecule has 4 aromatic carbocycles. The zero-order valence-electron chi connectivity index (χ0n) is 24.8. The van der Waals surface area contributed by atoms with Gasteiger partial charge in [-0.15, -0.1) is 0 Å². The minimum Gasteiger partial charge on any atom is -0.489 e. The molecule has 218 valence electrons. The summed E-state index contributed by atoms with van der Waals surface area (Å²) in [4.78, 5) is 28.5. The van der Waals surface area contributed by atoms with E-state index in [1.54, 1.807) is 29.2 Å². The molecule has 0 aliphatic heterocycles. The van der Waals surface area contributed by atoms with Crippen molar-refractivity contribution >= 4 is 34.6 Å². The Hall–Kier alpha value is -4.78. The summed E-state index contributed by atoms with van der Waals surface area (Å²) in [5, 5.41) is 11.4. The van der Waals surface area contributed by atoms with Crippen molar-refractivity contribution in [2.45, 2.75) is 32.9 Å². The maximum absolute atomic E-state index is 13.5. The van der Waals surface area contributed by atoms with Crippen LogP contribution in [0.1, 0.15) is 42.3 Å². The van der Waals surface area contributed by atoms with Crippen LogP contribution in [0.2, 0.25) is 0 Å². The van der Waals surface area contributed by atoms with Crippen LogP contribution < -0.4 is 9.64 Å². The van der Waals surface area contributed by atoms with Crippen molar-refractivity contribution < 1.29 is 24.2 Å². The van der Waals surface area contributed by atoms with Crippen molar-refractivity contribution in [3.8, 4) is 5.75 Å². The van der Waals surface area contributed by atoms with Gasteiger partial charge in [0.1, 0.15) is 18.0 Å². The third-order valence-corrected chi connectivity index (χ3v) is 6.56. The Labute approximate surface area is 247 Å². The Morgan fingerprint density at radius 2 is 1.52 bits per heavy atom. The first-order valence-electron chi connectivity index (χ1n) is 13.9. The molecule has 0 aliphatic rings. The molecule has 1 N–H and O–H groups in total. The third kappa shape index (κ3) is 8.36. The van der Waals surface area contributed by atoms with Gasteiger partial charge in [0, 0.05) is 38.3 Å². The average Bonchev–Trinajstić information content (AvgIpc) is 2.95. The first-order valence-corrected chi connectivity index (χ1v) is 13.9. The lowest BCUT2D eigenvalue weighted by molar-refractivity contribution is 0.0248. The van der Waals surface area contributed by atoms with E-state index in [1.165, 1.54) is 0 Å². The lowest BCUT2D eigenvalue weighted by atomic mass is 10.1. The highest BCUT2D eigenvalue weighted by Gasteiger charge is 2.24. The number of carbonyl (C=O) groups excluding carboxylic acids is 1. The summed E-state index contributed by atoms with van der Waals surface area (Å²) in [6.07, 6.45) is 1.50. The topological polar surface area (TPSA) is 79.3 Å². The number of rotatable bonds is 10. The third-order valence-electron chi connectivity index (χ3n) is 6.56. The zero-order chi connectivity index (χ0) is 30.3. The van der Waals surface area contributed by atoms with Gasteiger partial charge in [-0.1, -0.05) is 66.7 Å². The SMILES string of the molecule is CN(C)c1ccc(CN(C/C(=C\c2ccc(C(=O)O)cc2)COc2cccc3ccccc23)C(=O)OC(C)(C)C)cc1. The van der Waals surface area contributed by atoms with E-state index in [0.29, 0.717) is 6.54 Å². The maximum Gasteiger partial charge on any atom is 0.410 e. The van der Waals surface area contributed by atoms with Gasteiger partial charge < -0.3 is 19.5 Å². The van der Waals surface area contributed by atoms with Crippen LogP contribution in [0.15, 0.2) is 96.6 Å². The molecular formula is C35H38N2O5. The van der Waals surface area contributed by atoms with E-state index in [4.69, 9.17) is 9.47 Å². The van der Waals surface area contributed by atoms with Crippen LogP contribution >= 0.6 is 0 Å². The summed E-state index contributed by atoms with van der Waals surface area (Å²) in [6.45, 7) is 6.34. The van der Waals surface area contributed by atoms with Crippen LogP contribution in [0.5, 0.6) is 5.75 Å². The lowest BCUT2D eigenvalue weighted by Crippen LogP contribution is -2.38. The highest BCUT2D eigenvalue weighted by Crippen LogP contribution is 2.26. The van der Waals surface area contributed by atoms with Gasteiger partial charge in [-0.3, -0.25) is 4.90 Å². The molecule has 0 heterocycles. The minimum atomic E-state index is -0.985. The summed E-state index contributed by atoms with van der Waals surface area (Å²) in [5.74, 6) is -0.246. The van der Waals surface area contributed by atoms with Gasteiger partial charge in [0.25, 0.3) is 0 Å². The van der Waals surface area contributed by atoms with Gasteiger partial charge in [-0.2, -0.15) is 0 Å². The predicted octanol–water partition coefficient (Wildman–Crippen LogP) is 7.50. The van der Waals surface area contributed by atoms with Gasteiger partial charge >= 0.3 is 12.1 Å². The molecule has 0 spiro atoms. The van der Waals surface area contributed by atoms with Gasteiger partial charge in [-0.25, -0.2) is 9.59 Å². The minimum absolute atomic E-state index is 0.206. The molecule has 42 heavy (non-hydrogen) atoms. The number of carboxylic acid groups (broad SMARTS) is 1. The van der Waals surface area contributed by atoms with Crippen molar-refractivity contribution in [1.82, 2.24) is 4.90 Å². The molecule has 0 radical (unpaired) electrons. The smallest absolute Gasteiger partial charge is 0.410 e. The molecule has 7 nitrogen and oxygen atoms in total. The van der Waals surface area contributed by atoms with Crippen molar-refractivity contribution in [3.63, 3.8) is 0 Å². The first-order chi connectivity index (χ1) is 20.0. The molecule has 0 saturated carbocycles. The summed E-state index contributed by atoms with van der Waals surface area (Å²) >= 11 is 0. The average molecular weight is 567 g/mol. The van der Waals surface area contributed by atoms with E-state index < -0.39 is 17.7 Å². The summed E-state index contributed by atoms with van der Waals surface area (Å²) in [5.41, 5.74) is 3.19. The van der Waals surface area contributed by atoms with E-state index in [-0.39, 0.29) is 18.7 Å². The molecule has 0 aromatic heterocycles. The van der Waals surface area contributed by atoms with Gasteiger partial charge in [0.2, 0.25) is 0 Å². The lowest BCUT2D eigenvalue weighted by Gasteiger charge is -2.28. The van der Waals surface area contributed by atoms with Crippen LogP contribution in [0, 0.1) is 0 Å². The molecule has 1 amide bonds. The Bertz CT molecular complexity index is 1550. The Morgan fingerprint density at radius 1 is 0.857 bits per heavy atom. The fourth-order valence-corrected chi connectivity index (χ4v) is 4.46. The number of fused-ring (bicyclic) bond motifs is 1. The number of carbonyl (C=O) groups is 2. The van der Waals surface area contributed by atoms with E-state index in [9.17, 15) is 14.7 Å². The highest BCUT2D eigenvalue weighted by atomic mass is 16.6. The molecule has 0 fully saturated rings. The molecule has 0 saturated heterocycles. The summed E-state index contributed by atoms with van der Waals surface area (Å²) < 4.78 is 12.1. The van der Waals surface area contributed by atoms with Gasteiger partial charge in [0.05, 0.1) is 5.56 Å². The monoisotopic (exact) mass is 566 g/mol. The van der Waals surface area contributed by atoms with Crippen molar-refractivity contribution in [2.75, 3.05) is 32.1 Å². The molecule has 7 heteroatoms.